The number of anilines is 1. The second-order valence-electron chi connectivity index (χ2n) is 7.95. The minimum atomic E-state index is -3.02. The van der Waals surface area contributed by atoms with E-state index >= 15 is 0 Å². The van der Waals surface area contributed by atoms with E-state index in [9.17, 15) is 22.4 Å². The lowest BCUT2D eigenvalue weighted by Crippen LogP contribution is -2.13. The molecular formula is C27H21F4N3O. The molecule has 0 saturated heterocycles. The first-order valence-electron chi connectivity index (χ1n) is 10.9. The number of hydrogen-bond donors (Lipinski definition) is 1. The fourth-order valence-electron chi connectivity index (χ4n) is 3.75. The predicted molar refractivity (Wildman–Crippen MR) is 127 cm³/mol. The van der Waals surface area contributed by atoms with Crippen LogP contribution in [0.1, 0.15) is 25.8 Å². The fourth-order valence-corrected chi connectivity index (χ4v) is 3.75. The van der Waals surface area contributed by atoms with Crippen molar-refractivity contribution in [2.24, 2.45) is 0 Å². The van der Waals surface area contributed by atoms with Crippen molar-refractivity contribution in [1.29, 1.82) is 0 Å². The SMILES string of the molecule is CCC(F)(F)c1ccc(NC(C)=O)c(-c2ccc(-c3nccnc3-c3ccc(F)cc3F)cc2)c1. The molecule has 0 fully saturated rings. The van der Waals surface area contributed by atoms with Gasteiger partial charge in [0.1, 0.15) is 11.6 Å². The molecule has 0 saturated carbocycles. The molecule has 0 spiro atoms. The van der Waals surface area contributed by atoms with Crippen LogP contribution in [-0.4, -0.2) is 15.9 Å². The first-order chi connectivity index (χ1) is 16.7. The molecule has 3 aromatic carbocycles. The van der Waals surface area contributed by atoms with Gasteiger partial charge in [0.05, 0.1) is 11.4 Å². The summed E-state index contributed by atoms with van der Waals surface area (Å²) in [6.45, 7) is 2.74. The zero-order chi connectivity index (χ0) is 25.2. The number of nitrogens with one attached hydrogen (secondary N) is 1. The van der Waals surface area contributed by atoms with Crippen molar-refractivity contribution in [1.82, 2.24) is 9.97 Å². The number of hydrogen-bond acceptors (Lipinski definition) is 3. The summed E-state index contributed by atoms with van der Waals surface area (Å²) < 4.78 is 56.5. The van der Waals surface area contributed by atoms with Gasteiger partial charge in [-0.1, -0.05) is 37.3 Å². The smallest absolute Gasteiger partial charge is 0.273 e. The molecule has 4 aromatic rings. The van der Waals surface area contributed by atoms with Crippen LogP contribution in [-0.2, 0) is 10.7 Å². The molecule has 0 radical (unpaired) electrons. The van der Waals surface area contributed by atoms with Crippen LogP contribution in [0.5, 0.6) is 0 Å². The monoisotopic (exact) mass is 479 g/mol. The van der Waals surface area contributed by atoms with Gasteiger partial charge in [0.25, 0.3) is 5.92 Å². The average molecular weight is 479 g/mol. The lowest BCUT2D eigenvalue weighted by atomic mass is 9.95. The Morgan fingerprint density at radius 3 is 2.14 bits per heavy atom. The fraction of sp³-hybridized carbons (Fsp3) is 0.148. The molecule has 0 atom stereocenters. The second-order valence-corrected chi connectivity index (χ2v) is 7.95. The largest absolute Gasteiger partial charge is 0.326 e. The van der Waals surface area contributed by atoms with E-state index in [4.69, 9.17) is 0 Å². The Hall–Kier alpha value is -4.07. The Kier molecular flexibility index (Phi) is 6.64. The van der Waals surface area contributed by atoms with Gasteiger partial charge >= 0.3 is 0 Å². The number of halogens is 4. The molecular weight excluding hydrogens is 458 g/mol. The highest BCUT2D eigenvalue weighted by Gasteiger charge is 2.29. The predicted octanol–water partition coefficient (Wildman–Crippen LogP) is 7.22. The number of nitrogens with zero attached hydrogens (tertiary/aromatic N) is 2. The minimum Gasteiger partial charge on any atom is -0.326 e. The third kappa shape index (κ3) is 5.06. The molecule has 0 aliphatic rings. The van der Waals surface area contributed by atoms with Crippen LogP contribution < -0.4 is 5.32 Å². The maximum absolute atomic E-state index is 14.4. The first kappa shape index (κ1) is 24.1. The molecule has 4 rings (SSSR count). The Morgan fingerprint density at radius 2 is 1.51 bits per heavy atom. The summed E-state index contributed by atoms with van der Waals surface area (Å²) in [7, 11) is 0. The van der Waals surface area contributed by atoms with E-state index in [1.165, 1.54) is 50.5 Å². The van der Waals surface area contributed by atoms with Gasteiger partial charge < -0.3 is 5.32 Å². The van der Waals surface area contributed by atoms with Crippen molar-refractivity contribution in [2.45, 2.75) is 26.2 Å². The average Bonchev–Trinajstić information content (AvgIpc) is 2.84. The number of carbonyl (C=O) groups excluding carboxylic acids is 1. The summed E-state index contributed by atoms with van der Waals surface area (Å²) in [5, 5.41) is 2.68. The zero-order valence-electron chi connectivity index (χ0n) is 18.9. The van der Waals surface area contributed by atoms with Gasteiger partial charge in [-0.3, -0.25) is 14.8 Å². The van der Waals surface area contributed by atoms with E-state index in [1.807, 2.05) is 0 Å². The third-order valence-corrected chi connectivity index (χ3v) is 5.55. The van der Waals surface area contributed by atoms with Crippen molar-refractivity contribution >= 4 is 11.6 Å². The quantitative estimate of drug-likeness (QED) is 0.297. The number of rotatable bonds is 6. The van der Waals surface area contributed by atoms with Crippen LogP contribution in [0.3, 0.4) is 0 Å². The van der Waals surface area contributed by atoms with E-state index in [-0.39, 0.29) is 29.1 Å². The molecule has 1 amide bonds. The Morgan fingerprint density at radius 1 is 0.857 bits per heavy atom. The van der Waals surface area contributed by atoms with Crippen molar-refractivity contribution in [3.8, 4) is 33.6 Å². The summed E-state index contributed by atoms with van der Waals surface area (Å²) in [5.74, 6) is -4.82. The van der Waals surface area contributed by atoms with Crippen LogP contribution in [0.4, 0.5) is 23.2 Å². The number of alkyl halides is 2. The summed E-state index contributed by atoms with van der Waals surface area (Å²) in [6, 6.07) is 14.1. The number of carbonyl (C=O) groups is 1. The third-order valence-electron chi connectivity index (χ3n) is 5.55. The van der Waals surface area contributed by atoms with Gasteiger partial charge in [-0.2, -0.15) is 0 Å². The second kappa shape index (κ2) is 9.66. The molecule has 0 aliphatic carbocycles. The lowest BCUT2D eigenvalue weighted by Gasteiger charge is -2.18. The molecule has 0 bridgehead atoms. The van der Waals surface area contributed by atoms with E-state index in [0.29, 0.717) is 28.1 Å². The molecule has 1 heterocycles. The summed E-state index contributed by atoms with van der Waals surface area (Å²) in [4.78, 5) is 20.2. The van der Waals surface area contributed by atoms with E-state index in [1.54, 1.807) is 24.3 Å². The Balaban J connectivity index is 1.78. The maximum atomic E-state index is 14.4. The van der Waals surface area contributed by atoms with E-state index < -0.39 is 17.6 Å². The molecule has 8 heteroatoms. The molecule has 1 N–H and O–H groups in total. The van der Waals surface area contributed by atoms with Crippen molar-refractivity contribution in [3.63, 3.8) is 0 Å². The normalized spacial score (nSPS) is 11.4. The Bertz CT molecular complexity index is 1390. The van der Waals surface area contributed by atoms with Crippen LogP contribution in [0, 0.1) is 11.6 Å². The minimum absolute atomic E-state index is 0.0982. The van der Waals surface area contributed by atoms with Crippen molar-refractivity contribution in [3.05, 3.63) is 90.3 Å². The standard InChI is InChI=1S/C27H21F4N3O/c1-3-27(30,31)19-8-11-24(34-16(2)35)22(14-19)17-4-6-18(7-5-17)25-26(33-13-12-32-25)21-10-9-20(28)15-23(21)29/h4-15H,3H2,1-2H3,(H,34,35). The van der Waals surface area contributed by atoms with Crippen LogP contribution in [0.25, 0.3) is 33.6 Å². The van der Waals surface area contributed by atoms with Gasteiger partial charge in [-0.05, 0) is 29.8 Å². The van der Waals surface area contributed by atoms with E-state index in [0.717, 1.165) is 12.1 Å². The van der Waals surface area contributed by atoms with Crippen molar-refractivity contribution in [2.75, 3.05) is 5.32 Å². The number of aromatic nitrogens is 2. The first-order valence-corrected chi connectivity index (χ1v) is 10.9. The number of amides is 1. The summed E-state index contributed by atoms with van der Waals surface area (Å²) in [6.07, 6.45) is 2.51. The molecule has 0 aliphatic heterocycles. The molecule has 1 aromatic heterocycles. The highest BCUT2D eigenvalue weighted by molar-refractivity contribution is 5.94. The highest BCUT2D eigenvalue weighted by atomic mass is 19.3. The van der Waals surface area contributed by atoms with Crippen LogP contribution in [0.15, 0.2) is 73.1 Å². The molecule has 4 nitrogen and oxygen atoms in total. The van der Waals surface area contributed by atoms with Crippen LogP contribution in [0.2, 0.25) is 0 Å². The van der Waals surface area contributed by atoms with Gasteiger partial charge in [0, 0.05) is 59.7 Å². The van der Waals surface area contributed by atoms with E-state index in [2.05, 4.69) is 15.3 Å². The van der Waals surface area contributed by atoms with Gasteiger partial charge in [-0.15, -0.1) is 0 Å². The van der Waals surface area contributed by atoms with Crippen molar-refractivity contribution < 1.29 is 22.4 Å². The summed E-state index contributed by atoms with van der Waals surface area (Å²) >= 11 is 0. The lowest BCUT2D eigenvalue weighted by molar-refractivity contribution is -0.114. The highest BCUT2D eigenvalue weighted by Crippen LogP contribution is 2.38. The van der Waals surface area contributed by atoms with Gasteiger partial charge in [-0.25, -0.2) is 17.6 Å². The maximum Gasteiger partial charge on any atom is 0.273 e. The topological polar surface area (TPSA) is 54.9 Å². The molecule has 35 heavy (non-hydrogen) atoms. The summed E-state index contributed by atoms with van der Waals surface area (Å²) in [5.41, 5.74) is 2.56. The van der Waals surface area contributed by atoms with Gasteiger partial charge in [0.2, 0.25) is 5.91 Å². The van der Waals surface area contributed by atoms with Crippen LogP contribution >= 0.6 is 0 Å². The number of benzene rings is 3. The molecule has 178 valence electrons. The Labute approximate surface area is 199 Å². The zero-order valence-corrected chi connectivity index (χ0v) is 18.9. The van der Waals surface area contributed by atoms with Gasteiger partial charge in [0.15, 0.2) is 0 Å². The molecule has 0 unspecified atom stereocenters.